The maximum Gasteiger partial charge on any atom is 0.319 e. The van der Waals surface area contributed by atoms with Crippen LogP contribution >= 0.6 is 23.2 Å². The Morgan fingerprint density at radius 2 is 1.93 bits per heavy atom. The third-order valence-corrected chi connectivity index (χ3v) is 4.92. The summed E-state index contributed by atoms with van der Waals surface area (Å²) in [4.78, 5) is 35.2. The van der Waals surface area contributed by atoms with Crippen molar-refractivity contribution >= 4 is 46.5 Å². The Bertz CT molecular complexity index is 995. The Labute approximate surface area is 169 Å². The number of carbonyl (C=O) groups excluding carboxylic acids is 2. The zero-order chi connectivity index (χ0) is 20.4. The number of hydrogen-bond donors (Lipinski definition) is 3. The molecule has 0 spiro atoms. The van der Waals surface area contributed by atoms with E-state index in [1.54, 1.807) is 18.2 Å². The van der Waals surface area contributed by atoms with Crippen LogP contribution < -0.4 is 16.0 Å². The lowest BCUT2D eigenvalue weighted by atomic mass is 9.88. The van der Waals surface area contributed by atoms with Crippen LogP contribution in [-0.4, -0.2) is 16.9 Å². The molecule has 0 saturated carbocycles. The Morgan fingerprint density at radius 3 is 2.61 bits per heavy atom. The van der Waals surface area contributed by atoms with Gasteiger partial charge in [0.1, 0.15) is 5.92 Å². The molecule has 144 valence electrons. The van der Waals surface area contributed by atoms with Crippen molar-refractivity contribution in [3.63, 3.8) is 0 Å². The second-order valence-corrected chi connectivity index (χ2v) is 6.86. The molecular formula is C18H14Cl2N4O4. The molecule has 1 fully saturated rings. The maximum atomic E-state index is 12.9. The van der Waals surface area contributed by atoms with Gasteiger partial charge in [0, 0.05) is 23.5 Å². The van der Waals surface area contributed by atoms with Crippen LogP contribution in [0.25, 0.3) is 0 Å². The number of rotatable bonds is 4. The number of carbonyl (C=O) groups is 2. The summed E-state index contributed by atoms with van der Waals surface area (Å²) in [6.07, 6.45) is 0. The highest BCUT2D eigenvalue weighted by Gasteiger charge is 2.38. The first kappa shape index (κ1) is 19.7. The first-order valence-electron chi connectivity index (χ1n) is 8.03. The molecule has 1 aliphatic rings. The number of hydrogen-bond acceptors (Lipinski definition) is 4. The van der Waals surface area contributed by atoms with Crippen LogP contribution in [0.2, 0.25) is 10.0 Å². The molecule has 28 heavy (non-hydrogen) atoms. The number of nitrogens with zero attached hydrogens (tertiary/aromatic N) is 1. The Balaban J connectivity index is 1.91. The van der Waals surface area contributed by atoms with Gasteiger partial charge in [-0.15, -0.1) is 0 Å². The molecule has 0 unspecified atom stereocenters. The molecular weight excluding hydrogens is 407 g/mol. The molecule has 8 nitrogen and oxygen atoms in total. The second kappa shape index (κ2) is 7.87. The molecule has 1 heterocycles. The van der Waals surface area contributed by atoms with Crippen molar-refractivity contribution in [3.05, 3.63) is 80.5 Å². The fourth-order valence-corrected chi connectivity index (χ4v) is 3.20. The minimum absolute atomic E-state index is 0.160. The third-order valence-electron chi connectivity index (χ3n) is 4.18. The molecule has 2 atom stereocenters. The van der Waals surface area contributed by atoms with E-state index in [1.165, 1.54) is 24.3 Å². The van der Waals surface area contributed by atoms with Gasteiger partial charge in [0.05, 0.1) is 21.0 Å². The van der Waals surface area contributed by atoms with Crippen molar-refractivity contribution in [2.24, 2.45) is 5.92 Å². The topological polar surface area (TPSA) is 113 Å². The number of urea groups is 1. The van der Waals surface area contributed by atoms with E-state index in [9.17, 15) is 19.7 Å². The zero-order valence-corrected chi connectivity index (χ0v) is 15.8. The van der Waals surface area contributed by atoms with Gasteiger partial charge < -0.3 is 16.0 Å². The number of anilines is 1. The Kier molecular flexibility index (Phi) is 5.53. The number of amides is 3. The van der Waals surface area contributed by atoms with Gasteiger partial charge in [0.2, 0.25) is 5.91 Å². The summed E-state index contributed by atoms with van der Waals surface area (Å²) in [5, 5.41) is 19.3. The van der Waals surface area contributed by atoms with Gasteiger partial charge in [-0.25, -0.2) is 4.79 Å². The van der Waals surface area contributed by atoms with Gasteiger partial charge in [0.15, 0.2) is 0 Å². The Hall–Kier alpha value is -3.10. The molecule has 0 aromatic heterocycles. The first-order chi connectivity index (χ1) is 13.3. The highest BCUT2D eigenvalue weighted by atomic mass is 35.5. The summed E-state index contributed by atoms with van der Waals surface area (Å²) in [5.41, 5.74) is 0.830. The standard InChI is InChI=1S/C18H14Cl2N4O4/c1-9-15(17(25)22-11-3-2-4-12(8-11)24(27)28)16(23-18(26)21-9)10-5-6-13(19)14(20)7-10/h2-8,15-16H,1H2,(H,22,25)(H2,21,23,26)/t15-,16-/m0/s1. The van der Waals surface area contributed by atoms with Crippen LogP contribution in [0.4, 0.5) is 16.2 Å². The molecule has 0 radical (unpaired) electrons. The highest BCUT2D eigenvalue weighted by molar-refractivity contribution is 6.42. The third kappa shape index (κ3) is 4.08. The number of nitro benzene ring substituents is 1. The lowest BCUT2D eigenvalue weighted by Gasteiger charge is -2.34. The smallest absolute Gasteiger partial charge is 0.319 e. The molecule has 3 amide bonds. The zero-order valence-electron chi connectivity index (χ0n) is 14.2. The lowest BCUT2D eigenvalue weighted by molar-refractivity contribution is -0.384. The van der Waals surface area contributed by atoms with Gasteiger partial charge in [-0.3, -0.25) is 14.9 Å². The summed E-state index contributed by atoms with van der Waals surface area (Å²) in [6.45, 7) is 3.77. The summed E-state index contributed by atoms with van der Waals surface area (Å²) in [7, 11) is 0. The van der Waals surface area contributed by atoms with Crippen molar-refractivity contribution < 1.29 is 14.5 Å². The largest absolute Gasteiger partial charge is 0.330 e. The molecule has 1 saturated heterocycles. The summed E-state index contributed by atoms with van der Waals surface area (Å²) in [5.74, 6) is -1.40. The minimum atomic E-state index is -0.894. The SMILES string of the molecule is C=C1NC(=O)N[C@@H](c2ccc(Cl)c(Cl)c2)[C@H]1C(=O)Nc1cccc([N+](=O)[O-])c1. The highest BCUT2D eigenvalue weighted by Crippen LogP contribution is 2.34. The quantitative estimate of drug-likeness (QED) is 0.511. The van der Waals surface area contributed by atoms with E-state index in [0.29, 0.717) is 10.6 Å². The van der Waals surface area contributed by atoms with Gasteiger partial charge >= 0.3 is 6.03 Å². The van der Waals surface area contributed by atoms with Crippen molar-refractivity contribution in [2.75, 3.05) is 5.32 Å². The van der Waals surface area contributed by atoms with Crippen LogP contribution in [0.3, 0.4) is 0 Å². The monoisotopic (exact) mass is 420 g/mol. The fourth-order valence-electron chi connectivity index (χ4n) is 2.89. The average Bonchev–Trinajstić information content (AvgIpc) is 2.63. The molecule has 2 aromatic carbocycles. The first-order valence-corrected chi connectivity index (χ1v) is 8.78. The number of halogens is 2. The molecule has 0 aliphatic carbocycles. The van der Waals surface area contributed by atoms with Crippen molar-refractivity contribution in [3.8, 4) is 0 Å². The number of benzene rings is 2. The van der Waals surface area contributed by atoms with E-state index in [4.69, 9.17) is 23.2 Å². The van der Waals surface area contributed by atoms with E-state index in [0.717, 1.165) is 0 Å². The van der Waals surface area contributed by atoms with Crippen LogP contribution in [0, 0.1) is 16.0 Å². The van der Waals surface area contributed by atoms with Crippen molar-refractivity contribution in [2.45, 2.75) is 6.04 Å². The van der Waals surface area contributed by atoms with Crippen LogP contribution in [-0.2, 0) is 4.79 Å². The lowest BCUT2D eigenvalue weighted by Crippen LogP contribution is -2.51. The van der Waals surface area contributed by atoms with Gasteiger partial charge in [-0.05, 0) is 23.8 Å². The minimum Gasteiger partial charge on any atom is -0.330 e. The Morgan fingerprint density at radius 1 is 1.18 bits per heavy atom. The van der Waals surface area contributed by atoms with E-state index in [1.807, 2.05) is 0 Å². The molecule has 10 heteroatoms. The van der Waals surface area contributed by atoms with E-state index >= 15 is 0 Å². The number of nitro groups is 1. The fraction of sp³-hybridized carbons (Fsp3) is 0.111. The van der Waals surface area contributed by atoms with Crippen molar-refractivity contribution in [1.82, 2.24) is 10.6 Å². The van der Waals surface area contributed by atoms with Gasteiger partial charge in [-0.1, -0.05) is 41.9 Å². The predicted molar refractivity (Wildman–Crippen MR) is 105 cm³/mol. The van der Waals surface area contributed by atoms with Crippen LogP contribution in [0.1, 0.15) is 11.6 Å². The second-order valence-electron chi connectivity index (χ2n) is 6.05. The van der Waals surface area contributed by atoms with Crippen molar-refractivity contribution in [1.29, 1.82) is 0 Å². The van der Waals surface area contributed by atoms with E-state index in [2.05, 4.69) is 22.5 Å². The summed E-state index contributed by atoms with van der Waals surface area (Å²) >= 11 is 12.0. The maximum absolute atomic E-state index is 12.9. The van der Waals surface area contributed by atoms with E-state index < -0.39 is 28.8 Å². The summed E-state index contributed by atoms with van der Waals surface area (Å²) in [6, 6.07) is 9.03. The summed E-state index contributed by atoms with van der Waals surface area (Å²) < 4.78 is 0. The predicted octanol–water partition coefficient (Wildman–Crippen LogP) is 4.02. The molecule has 2 aromatic rings. The average molecular weight is 421 g/mol. The number of nitrogens with one attached hydrogen (secondary N) is 3. The normalized spacial score (nSPS) is 18.8. The van der Waals surface area contributed by atoms with Crippen LogP contribution in [0.5, 0.6) is 0 Å². The van der Waals surface area contributed by atoms with Gasteiger partial charge in [0.25, 0.3) is 5.69 Å². The molecule has 1 aliphatic heterocycles. The molecule has 3 N–H and O–H groups in total. The number of non-ortho nitro benzene ring substituents is 1. The van der Waals surface area contributed by atoms with Gasteiger partial charge in [-0.2, -0.15) is 0 Å². The molecule has 3 rings (SSSR count). The molecule has 0 bridgehead atoms. The van der Waals surface area contributed by atoms with E-state index in [-0.39, 0.29) is 22.1 Å². The van der Waals surface area contributed by atoms with Crippen LogP contribution in [0.15, 0.2) is 54.7 Å².